The van der Waals surface area contributed by atoms with Gasteiger partial charge in [0.1, 0.15) is 5.75 Å². The van der Waals surface area contributed by atoms with E-state index in [9.17, 15) is 9.59 Å². The van der Waals surface area contributed by atoms with Crippen molar-refractivity contribution in [1.82, 2.24) is 15.5 Å². The minimum atomic E-state index is -0.367. The number of aromatic amines is 1. The lowest BCUT2D eigenvalue weighted by atomic mass is 10.1. The highest BCUT2D eigenvalue weighted by Gasteiger charge is 2.15. The molecule has 2 rings (SSSR count). The van der Waals surface area contributed by atoms with Crippen LogP contribution in [-0.2, 0) is 6.42 Å². The molecule has 0 aliphatic rings. The van der Waals surface area contributed by atoms with Gasteiger partial charge in [-0.3, -0.25) is 14.7 Å². The van der Waals surface area contributed by atoms with Gasteiger partial charge in [0.25, 0.3) is 11.8 Å². The molecule has 128 valence electrons. The first-order valence-corrected chi connectivity index (χ1v) is 7.70. The number of H-pyrrole nitrogens is 1. The van der Waals surface area contributed by atoms with E-state index in [0.717, 1.165) is 12.1 Å². The van der Waals surface area contributed by atoms with E-state index < -0.39 is 0 Å². The third-order valence-corrected chi connectivity index (χ3v) is 3.43. The van der Waals surface area contributed by atoms with Crippen molar-refractivity contribution in [3.8, 4) is 5.75 Å². The van der Waals surface area contributed by atoms with Gasteiger partial charge in [0.05, 0.1) is 12.8 Å². The van der Waals surface area contributed by atoms with Gasteiger partial charge in [-0.05, 0) is 36.6 Å². The molecular formula is C17H22N4O3. The number of amides is 2. The van der Waals surface area contributed by atoms with E-state index in [0.29, 0.717) is 22.9 Å². The average molecular weight is 330 g/mol. The van der Waals surface area contributed by atoms with Crippen molar-refractivity contribution in [2.45, 2.75) is 20.3 Å². The third-order valence-electron chi connectivity index (χ3n) is 3.43. The summed E-state index contributed by atoms with van der Waals surface area (Å²) < 4.78 is 5.23. The van der Waals surface area contributed by atoms with E-state index in [1.165, 1.54) is 7.11 Å². The summed E-state index contributed by atoms with van der Waals surface area (Å²) >= 11 is 0. The second kappa shape index (κ2) is 7.63. The zero-order chi connectivity index (χ0) is 17.7. The number of hydrogen-bond donors (Lipinski definition) is 3. The van der Waals surface area contributed by atoms with Gasteiger partial charge in [0, 0.05) is 18.3 Å². The Labute approximate surface area is 140 Å². The molecule has 0 radical (unpaired) electrons. The van der Waals surface area contributed by atoms with Crippen LogP contribution in [0.25, 0.3) is 0 Å². The number of anilines is 1. The van der Waals surface area contributed by atoms with Crippen LogP contribution < -0.4 is 15.4 Å². The second-order valence-corrected chi connectivity index (χ2v) is 5.82. The summed E-state index contributed by atoms with van der Waals surface area (Å²) in [6, 6.07) is 6.55. The fraction of sp³-hybridized carbons (Fsp3) is 0.353. The van der Waals surface area contributed by atoms with Crippen molar-refractivity contribution in [3.63, 3.8) is 0 Å². The fourth-order valence-corrected chi connectivity index (χ4v) is 2.30. The molecule has 1 aromatic heterocycles. The number of benzene rings is 1. The molecule has 1 heterocycles. The molecule has 7 heteroatoms. The van der Waals surface area contributed by atoms with Crippen LogP contribution in [0.15, 0.2) is 24.3 Å². The standard InChI is InChI=1S/C17H22N4O3/c1-10(2)7-12-9-14(21-20-12)17(23)19-13-8-11(16(22)18-3)5-6-15(13)24-4/h5-6,8-10H,7H2,1-4H3,(H,18,22)(H,19,23)(H,20,21). The van der Waals surface area contributed by atoms with Crippen molar-refractivity contribution in [1.29, 1.82) is 0 Å². The summed E-state index contributed by atoms with van der Waals surface area (Å²) in [6.45, 7) is 4.19. The summed E-state index contributed by atoms with van der Waals surface area (Å²) in [4.78, 5) is 24.1. The van der Waals surface area contributed by atoms with Crippen molar-refractivity contribution >= 4 is 17.5 Å². The predicted octanol–water partition coefficient (Wildman–Crippen LogP) is 2.23. The van der Waals surface area contributed by atoms with Gasteiger partial charge in [-0.2, -0.15) is 5.10 Å². The normalized spacial score (nSPS) is 10.5. The van der Waals surface area contributed by atoms with Crippen LogP contribution in [0.2, 0.25) is 0 Å². The Kier molecular flexibility index (Phi) is 5.57. The number of aromatic nitrogens is 2. The molecule has 2 aromatic rings. The lowest BCUT2D eigenvalue weighted by Crippen LogP contribution is -2.19. The van der Waals surface area contributed by atoms with Gasteiger partial charge < -0.3 is 15.4 Å². The number of methoxy groups -OCH3 is 1. The maximum atomic E-state index is 12.4. The van der Waals surface area contributed by atoms with E-state index in [-0.39, 0.29) is 17.5 Å². The number of carbonyl (C=O) groups excluding carboxylic acids is 2. The third kappa shape index (κ3) is 4.13. The Morgan fingerprint density at radius 3 is 2.62 bits per heavy atom. The highest BCUT2D eigenvalue weighted by molar-refractivity contribution is 6.05. The topological polar surface area (TPSA) is 96.1 Å². The number of carbonyl (C=O) groups is 2. The van der Waals surface area contributed by atoms with E-state index in [4.69, 9.17) is 4.74 Å². The first-order chi connectivity index (χ1) is 11.4. The van der Waals surface area contributed by atoms with E-state index >= 15 is 0 Å². The average Bonchev–Trinajstić information content (AvgIpc) is 3.01. The van der Waals surface area contributed by atoms with Gasteiger partial charge in [0.15, 0.2) is 5.69 Å². The van der Waals surface area contributed by atoms with Gasteiger partial charge in [-0.15, -0.1) is 0 Å². The molecule has 0 saturated carbocycles. The molecule has 0 unspecified atom stereocenters. The van der Waals surface area contributed by atoms with Crippen LogP contribution in [0.1, 0.15) is 40.4 Å². The Morgan fingerprint density at radius 2 is 2.00 bits per heavy atom. The van der Waals surface area contributed by atoms with Crippen molar-refractivity contribution in [2.75, 3.05) is 19.5 Å². The molecule has 0 spiro atoms. The Balaban J connectivity index is 2.21. The molecule has 0 bridgehead atoms. The van der Waals surface area contributed by atoms with Crippen LogP contribution in [0.4, 0.5) is 5.69 Å². The molecule has 0 saturated heterocycles. The molecule has 3 N–H and O–H groups in total. The molecule has 0 aliphatic carbocycles. The largest absolute Gasteiger partial charge is 0.495 e. The summed E-state index contributed by atoms with van der Waals surface area (Å²) in [5.41, 5.74) is 2.03. The zero-order valence-corrected chi connectivity index (χ0v) is 14.3. The monoisotopic (exact) mass is 330 g/mol. The summed E-state index contributed by atoms with van der Waals surface area (Å²) in [7, 11) is 3.05. The summed E-state index contributed by atoms with van der Waals surface area (Å²) in [5.74, 6) is 0.320. The Hall–Kier alpha value is -2.83. The molecular weight excluding hydrogens is 308 g/mol. The first kappa shape index (κ1) is 17.5. The number of nitrogens with one attached hydrogen (secondary N) is 3. The summed E-state index contributed by atoms with van der Waals surface area (Å²) in [6.07, 6.45) is 0.815. The van der Waals surface area contributed by atoms with Crippen LogP contribution >= 0.6 is 0 Å². The quantitative estimate of drug-likeness (QED) is 0.757. The molecule has 0 atom stereocenters. The van der Waals surface area contributed by atoms with E-state index in [1.807, 2.05) is 0 Å². The predicted molar refractivity (Wildman–Crippen MR) is 91.5 cm³/mol. The van der Waals surface area contributed by atoms with Crippen LogP contribution in [-0.4, -0.2) is 36.2 Å². The van der Waals surface area contributed by atoms with Crippen LogP contribution in [0.5, 0.6) is 5.75 Å². The Bertz CT molecular complexity index is 737. The highest BCUT2D eigenvalue weighted by Crippen LogP contribution is 2.26. The summed E-state index contributed by atoms with van der Waals surface area (Å²) in [5, 5.41) is 12.2. The number of ether oxygens (including phenoxy) is 1. The maximum Gasteiger partial charge on any atom is 0.276 e. The lowest BCUT2D eigenvalue weighted by Gasteiger charge is -2.11. The van der Waals surface area contributed by atoms with Gasteiger partial charge in [-0.1, -0.05) is 13.8 Å². The van der Waals surface area contributed by atoms with Crippen LogP contribution in [0, 0.1) is 5.92 Å². The zero-order valence-electron chi connectivity index (χ0n) is 14.3. The van der Waals surface area contributed by atoms with Gasteiger partial charge in [0.2, 0.25) is 0 Å². The molecule has 1 aromatic carbocycles. The van der Waals surface area contributed by atoms with Gasteiger partial charge >= 0.3 is 0 Å². The minimum absolute atomic E-state index is 0.243. The lowest BCUT2D eigenvalue weighted by molar-refractivity contribution is 0.0961. The first-order valence-electron chi connectivity index (χ1n) is 7.70. The van der Waals surface area contributed by atoms with Crippen molar-refractivity contribution in [3.05, 3.63) is 41.2 Å². The molecule has 2 amide bonds. The SMILES string of the molecule is CNC(=O)c1ccc(OC)c(NC(=O)c2cc(CC(C)C)[nH]n2)c1. The van der Waals surface area contributed by atoms with Crippen molar-refractivity contribution in [2.24, 2.45) is 5.92 Å². The molecule has 7 nitrogen and oxygen atoms in total. The highest BCUT2D eigenvalue weighted by atomic mass is 16.5. The molecule has 0 fully saturated rings. The van der Waals surface area contributed by atoms with E-state index in [1.54, 1.807) is 31.3 Å². The number of hydrogen-bond acceptors (Lipinski definition) is 4. The second-order valence-electron chi connectivity index (χ2n) is 5.82. The number of nitrogens with zero attached hydrogens (tertiary/aromatic N) is 1. The Morgan fingerprint density at radius 1 is 1.25 bits per heavy atom. The smallest absolute Gasteiger partial charge is 0.276 e. The molecule has 0 aliphatic heterocycles. The maximum absolute atomic E-state index is 12.4. The number of rotatable bonds is 6. The fourth-order valence-electron chi connectivity index (χ4n) is 2.30. The minimum Gasteiger partial charge on any atom is -0.495 e. The van der Waals surface area contributed by atoms with Gasteiger partial charge in [-0.25, -0.2) is 0 Å². The van der Waals surface area contributed by atoms with Crippen LogP contribution in [0.3, 0.4) is 0 Å². The van der Waals surface area contributed by atoms with E-state index in [2.05, 4.69) is 34.7 Å². The van der Waals surface area contributed by atoms with Crippen molar-refractivity contribution < 1.29 is 14.3 Å². The molecule has 24 heavy (non-hydrogen) atoms.